The molecule has 0 radical (unpaired) electrons. The predicted molar refractivity (Wildman–Crippen MR) is 115 cm³/mol. The monoisotopic (exact) mass is 402 g/mol. The first-order chi connectivity index (χ1) is 12.6. The van der Waals surface area contributed by atoms with Crippen LogP contribution in [0.15, 0.2) is 48.2 Å². The molecule has 1 aromatic carbocycles. The van der Waals surface area contributed by atoms with Crippen molar-refractivity contribution in [1.29, 1.82) is 0 Å². The van der Waals surface area contributed by atoms with Crippen LogP contribution in [0, 0.1) is 5.41 Å². The third kappa shape index (κ3) is 8.19. The third-order valence-corrected chi connectivity index (χ3v) is 3.90. The van der Waals surface area contributed by atoms with E-state index in [1.165, 1.54) is 12.1 Å². The van der Waals surface area contributed by atoms with E-state index < -0.39 is 17.3 Å². The second kappa shape index (κ2) is 9.80. The highest BCUT2D eigenvalue weighted by atomic mass is 19.4. The van der Waals surface area contributed by atoms with Gasteiger partial charge in [-0.15, -0.1) is 0 Å². The second-order valence-electron chi connectivity index (χ2n) is 7.88. The van der Waals surface area contributed by atoms with Gasteiger partial charge in [0.1, 0.15) is 5.54 Å². The SMILES string of the molecule is C=C(/C=C(\C)NC(=O)C(C)(C)Nc1ccc(C(F)(F)F)cc1)C(C)(C)C.CC.[HH].[HH]. The number of hydrogen-bond acceptors (Lipinski definition) is 2. The molecule has 0 aliphatic heterocycles. The summed E-state index contributed by atoms with van der Waals surface area (Å²) in [6.45, 7) is 19.2. The van der Waals surface area contributed by atoms with Crippen LogP contribution in [0.1, 0.15) is 63.8 Å². The molecular weight excluding hydrogens is 365 g/mol. The lowest BCUT2D eigenvalue weighted by atomic mass is 9.87. The van der Waals surface area contributed by atoms with E-state index in [0.29, 0.717) is 11.4 Å². The summed E-state index contributed by atoms with van der Waals surface area (Å²) < 4.78 is 37.9. The molecule has 2 N–H and O–H groups in total. The van der Waals surface area contributed by atoms with Crippen LogP contribution < -0.4 is 10.6 Å². The molecular formula is C22H37F3N2O. The average molecular weight is 403 g/mol. The van der Waals surface area contributed by atoms with Crippen molar-refractivity contribution >= 4 is 11.6 Å². The Balaban J connectivity index is -0.00000176. The number of amides is 1. The Morgan fingerprint density at radius 1 is 1.04 bits per heavy atom. The summed E-state index contributed by atoms with van der Waals surface area (Å²) >= 11 is 0. The predicted octanol–water partition coefficient (Wildman–Crippen LogP) is 7.04. The Hall–Kier alpha value is -2.24. The van der Waals surface area contributed by atoms with Gasteiger partial charge in [0.2, 0.25) is 5.91 Å². The molecule has 0 bridgehead atoms. The molecule has 0 unspecified atom stereocenters. The van der Waals surface area contributed by atoms with Crippen LogP contribution in [0.2, 0.25) is 0 Å². The largest absolute Gasteiger partial charge is 0.416 e. The summed E-state index contributed by atoms with van der Waals surface area (Å²) in [5.74, 6) is -0.298. The number of benzene rings is 1. The number of nitrogens with one attached hydrogen (secondary N) is 2. The molecule has 0 heterocycles. The van der Waals surface area contributed by atoms with Crippen molar-refractivity contribution in [2.45, 2.75) is 67.1 Å². The van der Waals surface area contributed by atoms with E-state index in [2.05, 4.69) is 17.2 Å². The van der Waals surface area contributed by atoms with Gasteiger partial charge in [-0.25, -0.2) is 0 Å². The fourth-order valence-corrected chi connectivity index (χ4v) is 2.01. The highest BCUT2D eigenvalue weighted by molar-refractivity contribution is 5.89. The van der Waals surface area contributed by atoms with Crippen LogP contribution >= 0.6 is 0 Å². The van der Waals surface area contributed by atoms with E-state index >= 15 is 0 Å². The lowest BCUT2D eigenvalue weighted by molar-refractivity contribution is -0.137. The maximum atomic E-state index is 12.6. The summed E-state index contributed by atoms with van der Waals surface area (Å²) in [5, 5.41) is 5.75. The zero-order valence-electron chi connectivity index (χ0n) is 18.1. The number of carbonyl (C=O) groups is 1. The van der Waals surface area contributed by atoms with E-state index in [4.69, 9.17) is 0 Å². The smallest absolute Gasteiger partial charge is 0.372 e. The molecule has 28 heavy (non-hydrogen) atoms. The van der Waals surface area contributed by atoms with Crippen LogP contribution in [0.3, 0.4) is 0 Å². The molecule has 0 saturated heterocycles. The number of carbonyl (C=O) groups excluding carboxylic acids is 1. The molecule has 162 valence electrons. The van der Waals surface area contributed by atoms with Gasteiger partial charge in [0.25, 0.3) is 0 Å². The van der Waals surface area contributed by atoms with Crippen LogP contribution in [0.4, 0.5) is 18.9 Å². The number of anilines is 1. The summed E-state index contributed by atoms with van der Waals surface area (Å²) in [6, 6.07) is 4.58. The van der Waals surface area contributed by atoms with Crippen LogP contribution in [-0.4, -0.2) is 11.4 Å². The van der Waals surface area contributed by atoms with Crippen molar-refractivity contribution in [2.24, 2.45) is 5.41 Å². The standard InChI is InChI=1S/C20H27F3N2O.C2H6.2H2/c1-13(18(3,4)5)12-14(2)24-17(26)19(6,7)25-16-10-8-15(9-11-16)20(21,22)23;1-2;;/h8-12,25H,1H2,2-7H3,(H,24,26);1-2H3;2*1H/b14-12+;;;. The Morgan fingerprint density at radius 2 is 1.50 bits per heavy atom. The normalized spacial score (nSPS) is 12.6. The van der Waals surface area contributed by atoms with Crippen molar-refractivity contribution in [2.75, 3.05) is 5.32 Å². The van der Waals surface area contributed by atoms with Crippen molar-refractivity contribution in [3.8, 4) is 0 Å². The molecule has 3 nitrogen and oxygen atoms in total. The van der Waals surface area contributed by atoms with Gasteiger partial charge in [-0.05, 0) is 62.1 Å². The van der Waals surface area contributed by atoms with E-state index in [0.717, 1.165) is 17.7 Å². The molecule has 0 aliphatic carbocycles. The Bertz CT molecular complexity index is 705. The van der Waals surface area contributed by atoms with Gasteiger partial charge in [0, 0.05) is 14.2 Å². The van der Waals surface area contributed by atoms with Crippen LogP contribution in [0.25, 0.3) is 0 Å². The van der Waals surface area contributed by atoms with Crippen molar-refractivity contribution in [1.82, 2.24) is 5.32 Å². The van der Waals surface area contributed by atoms with E-state index in [1.807, 2.05) is 40.7 Å². The number of rotatable bonds is 5. The fourth-order valence-electron chi connectivity index (χ4n) is 2.01. The first-order valence-corrected chi connectivity index (χ1v) is 9.27. The average Bonchev–Trinajstić information content (AvgIpc) is 2.54. The van der Waals surface area contributed by atoms with Gasteiger partial charge in [0.05, 0.1) is 5.56 Å². The van der Waals surface area contributed by atoms with Gasteiger partial charge in [-0.2, -0.15) is 13.2 Å². The highest BCUT2D eigenvalue weighted by Crippen LogP contribution is 2.30. The Labute approximate surface area is 170 Å². The summed E-state index contributed by atoms with van der Waals surface area (Å²) in [4.78, 5) is 12.5. The van der Waals surface area contributed by atoms with Crippen molar-refractivity contribution in [3.63, 3.8) is 0 Å². The zero-order valence-corrected chi connectivity index (χ0v) is 18.1. The van der Waals surface area contributed by atoms with Crippen molar-refractivity contribution in [3.05, 3.63) is 53.8 Å². The first-order valence-electron chi connectivity index (χ1n) is 9.27. The quantitative estimate of drug-likeness (QED) is 0.519. The molecule has 1 rings (SSSR count). The minimum atomic E-state index is -4.39. The first kappa shape index (κ1) is 25.8. The van der Waals surface area contributed by atoms with Crippen LogP contribution in [-0.2, 0) is 11.0 Å². The molecule has 0 saturated carbocycles. The lowest BCUT2D eigenvalue weighted by Crippen LogP contribution is -2.47. The summed E-state index contributed by atoms with van der Waals surface area (Å²) in [7, 11) is 0. The number of halogens is 3. The minimum absolute atomic E-state index is 0. The molecule has 6 heteroatoms. The van der Waals surface area contributed by atoms with E-state index in [9.17, 15) is 18.0 Å². The molecule has 0 aliphatic rings. The third-order valence-electron chi connectivity index (χ3n) is 3.90. The zero-order chi connectivity index (χ0) is 22.3. The van der Waals surface area contributed by atoms with Gasteiger partial charge >= 0.3 is 6.18 Å². The molecule has 1 aromatic rings. The Kier molecular flexibility index (Phi) is 9.02. The lowest BCUT2D eigenvalue weighted by Gasteiger charge is -2.27. The highest BCUT2D eigenvalue weighted by Gasteiger charge is 2.31. The number of hydrogen-bond donors (Lipinski definition) is 2. The Morgan fingerprint density at radius 3 is 1.89 bits per heavy atom. The number of allylic oxidation sites excluding steroid dienone is 3. The van der Waals surface area contributed by atoms with Gasteiger partial charge in [-0.3, -0.25) is 4.79 Å². The van der Waals surface area contributed by atoms with Crippen molar-refractivity contribution < 1.29 is 20.8 Å². The van der Waals surface area contributed by atoms with E-state index in [1.54, 1.807) is 20.8 Å². The maximum absolute atomic E-state index is 12.6. The molecule has 1 amide bonds. The summed E-state index contributed by atoms with van der Waals surface area (Å²) in [5.41, 5.74) is 0.0995. The van der Waals surface area contributed by atoms with Gasteiger partial charge < -0.3 is 10.6 Å². The second-order valence-corrected chi connectivity index (χ2v) is 7.88. The van der Waals surface area contributed by atoms with Gasteiger partial charge in [0.15, 0.2) is 0 Å². The summed E-state index contributed by atoms with van der Waals surface area (Å²) in [6.07, 6.45) is -2.57. The van der Waals surface area contributed by atoms with Crippen LogP contribution in [0.5, 0.6) is 0 Å². The number of alkyl halides is 3. The molecule has 0 atom stereocenters. The van der Waals surface area contributed by atoms with Gasteiger partial charge in [-0.1, -0.05) is 41.2 Å². The maximum Gasteiger partial charge on any atom is 0.416 e. The fraction of sp³-hybridized carbons (Fsp3) is 0.500. The minimum Gasteiger partial charge on any atom is -0.372 e. The topological polar surface area (TPSA) is 41.1 Å². The molecule has 0 aromatic heterocycles. The van der Waals surface area contributed by atoms with E-state index in [-0.39, 0.29) is 14.2 Å². The molecule has 0 fully saturated rings. The molecule has 0 spiro atoms.